The van der Waals surface area contributed by atoms with Gasteiger partial charge in [-0.15, -0.1) is 0 Å². The van der Waals surface area contributed by atoms with E-state index in [0.29, 0.717) is 23.3 Å². The van der Waals surface area contributed by atoms with Gasteiger partial charge in [0.25, 0.3) is 0 Å². The van der Waals surface area contributed by atoms with Gasteiger partial charge in [0.15, 0.2) is 5.75 Å². The molecule has 0 bridgehead atoms. The van der Waals surface area contributed by atoms with Gasteiger partial charge in [-0.2, -0.15) is 0 Å². The number of hydrogen-bond acceptors (Lipinski definition) is 5. The van der Waals surface area contributed by atoms with Gasteiger partial charge in [-0.3, -0.25) is 0 Å². The number of rotatable bonds is 1. The fourth-order valence-electron chi connectivity index (χ4n) is 2.02. The maximum atomic E-state index is 11.5. The first-order valence-electron chi connectivity index (χ1n) is 5.20. The number of ether oxygens (including phenoxy) is 2. The SMILES string of the molecule is COc1c(O)c2cc3c(cc2oc1=O)OCC3. The van der Waals surface area contributed by atoms with Crippen LogP contribution in [0.25, 0.3) is 11.0 Å². The zero-order valence-corrected chi connectivity index (χ0v) is 9.15. The summed E-state index contributed by atoms with van der Waals surface area (Å²) in [6.07, 6.45) is 0.784. The number of hydrogen-bond donors (Lipinski definition) is 1. The minimum atomic E-state index is -0.699. The van der Waals surface area contributed by atoms with Gasteiger partial charge in [-0.1, -0.05) is 0 Å². The lowest BCUT2D eigenvalue weighted by Crippen LogP contribution is -2.04. The Labute approximate surface area is 96.2 Å². The lowest BCUT2D eigenvalue weighted by molar-refractivity contribution is 0.349. The van der Waals surface area contributed by atoms with Crippen molar-refractivity contribution in [1.82, 2.24) is 0 Å². The normalized spacial score (nSPS) is 13.5. The van der Waals surface area contributed by atoms with Crippen LogP contribution < -0.4 is 15.1 Å². The first kappa shape index (κ1) is 10.0. The predicted molar refractivity (Wildman–Crippen MR) is 59.9 cm³/mol. The van der Waals surface area contributed by atoms with E-state index in [9.17, 15) is 9.90 Å². The minimum Gasteiger partial charge on any atom is -0.504 e. The molecule has 17 heavy (non-hydrogen) atoms. The van der Waals surface area contributed by atoms with Gasteiger partial charge in [0.05, 0.1) is 19.1 Å². The molecule has 0 saturated carbocycles. The van der Waals surface area contributed by atoms with Crippen LogP contribution in [0.2, 0.25) is 0 Å². The summed E-state index contributed by atoms with van der Waals surface area (Å²) in [5, 5.41) is 10.4. The predicted octanol–water partition coefficient (Wildman–Crippen LogP) is 1.44. The van der Waals surface area contributed by atoms with Crippen molar-refractivity contribution in [3.05, 3.63) is 28.1 Å². The molecule has 1 aliphatic heterocycles. The molecule has 0 saturated heterocycles. The summed E-state index contributed by atoms with van der Waals surface area (Å²) in [4.78, 5) is 11.5. The Balaban J connectivity index is 2.40. The van der Waals surface area contributed by atoms with Crippen molar-refractivity contribution < 1.29 is 19.0 Å². The Morgan fingerprint density at radius 2 is 2.24 bits per heavy atom. The third kappa shape index (κ3) is 1.35. The van der Waals surface area contributed by atoms with E-state index >= 15 is 0 Å². The first-order valence-corrected chi connectivity index (χ1v) is 5.20. The summed E-state index contributed by atoms with van der Waals surface area (Å²) in [6.45, 7) is 0.605. The zero-order chi connectivity index (χ0) is 12.0. The molecule has 0 atom stereocenters. The maximum Gasteiger partial charge on any atom is 0.383 e. The largest absolute Gasteiger partial charge is 0.504 e. The smallest absolute Gasteiger partial charge is 0.383 e. The van der Waals surface area contributed by atoms with E-state index in [0.717, 1.165) is 12.0 Å². The van der Waals surface area contributed by atoms with Crippen molar-refractivity contribution in [2.45, 2.75) is 6.42 Å². The first-order chi connectivity index (χ1) is 8.20. The molecule has 3 rings (SSSR count). The Hall–Kier alpha value is -2.17. The molecular formula is C12H10O5. The molecule has 0 spiro atoms. The van der Waals surface area contributed by atoms with Crippen LogP contribution in [0.1, 0.15) is 5.56 Å². The van der Waals surface area contributed by atoms with Gasteiger partial charge in [0, 0.05) is 12.5 Å². The van der Waals surface area contributed by atoms with Crippen LogP contribution >= 0.6 is 0 Å². The fraction of sp³-hybridized carbons (Fsp3) is 0.250. The zero-order valence-electron chi connectivity index (χ0n) is 9.15. The highest BCUT2D eigenvalue weighted by atomic mass is 16.5. The van der Waals surface area contributed by atoms with Gasteiger partial charge in [0.1, 0.15) is 11.3 Å². The highest BCUT2D eigenvalue weighted by Gasteiger charge is 2.19. The average molecular weight is 234 g/mol. The lowest BCUT2D eigenvalue weighted by Gasteiger charge is -2.06. The van der Waals surface area contributed by atoms with Crippen LogP contribution in [0.5, 0.6) is 17.2 Å². The highest BCUT2D eigenvalue weighted by Crippen LogP contribution is 2.36. The molecule has 0 amide bonds. The van der Waals surface area contributed by atoms with E-state index in [1.807, 2.05) is 0 Å². The summed E-state index contributed by atoms with van der Waals surface area (Å²) in [5.74, 6) is 0.343. The highest BCUT2D eigenvalue weighted by molar-refractivity contribution is 5.87. The van der Waals surface area contributed by atoms with Crippen molar-refractivity contribution in [1.29, 1.82) is 0 Å². The molecule has 0 aliphatic carbocycles. The molecule has 0 unspecified atom stereocenters. The molecule has 88 valence electrons. The summed E-state index contributed by atoms with van der Waals surface area (Å²) >= 11 is 0. The summed E-state index contributed by atoms with van der Waals surface area (Å²) in [6, 6.07) is 3.39. The van der Waals surface area contributed by atoms with Crippen molar-refractivity contribution >= 4 is 11.0 Å². The van der Waals surface area contributed by atoms with E-state index < -0.39 is 5.63 Å². The molecule has 1 aromatic carbocycles. The van der Waals surface area contributed by atoms with Gasteiger partial charge in [-0.25, -0.2) is 4.79 Å². The Morgan fingerprint density at radius 1 is 1.41 bits per heavy atom. The molecule has 2 heterocycles. The second-order valence-electron chi connectivity index (χ2n) is 3.83. The molecular weight excluding hydrogens is 224 g/mol. The van der Waals surface area contributed by atoms with Crippen LogP contribution in [-0.4, -0.2) is 18.8 Å². The van der Waals surface area contributed by atoms with Crippen LogP contribution in [0.15, 0.2) is 21.3 Å². The monoisotopic (exact) mass is 234 g/mol. The van der Waals surface area contributed by atoms with Crippen molar-refractivity contribution in [3.63, 3.8) is 0 Å². The Bertz CT molecular complexity index is 656. The third-order valence-electron chi connectivity index (χ3n) is 2.85. The molecule has 0 fully saturated rings. The topological polar surface area (TPSA) is 68.9 Å². The van der Waals surface area contributed by atoms with E-state index in [1.54, 1.807) is 12.1 Å². The second kappa shape index (κ2) is 3.41. The van der Waals surface area contributed by atoms with E-state index in [2.05, 4.69) is 0 Å². The number of fused-ring (bicyclic) bond motifs is 2. The van der Waals surface area contributed by atoms with Crippen LogP contribution in [0, 0.1) is 0 Å². The average Bonchev–Trinajstić information content (AvgIpc) is 2.74. The van der Waals surface area contributed by atoms with Gasteiger partial charge in [0.2, 0.25) is 5.75 Å². The van der Waals surface area contributed by atoms with Crippen molar-refractivity contribution in [2.75, 3.05) is 13.7 Å². The second-order valence-corrected chi connectivity index (χ2v) is 3.83. The summed E-state index contributed by atoms with van der Waals surface area (Å²) < 4.78 is 15.3. The minimum absolute atomic E-state index is 0.170. The van der Waals surface area contributed by atoms with Crippen LogP contribution in [0.4, 0.5) is 0 Å². The van der Waals surface area contributed by atoms with E-state index in [4.69, 9.17) is 13.9 Å². The molecule has 1 aliphatic rings. The van der Waals surface area contributed by atoms with E-state index in [1.165, 1.54) is 7.11 Å². The Morgan fingerprint density at radius 3 is 3.00 bits per heavy atom. The van der Waals surface area contributed by atoms with Crippen molar-refractivity contribution in [2.24, 2.45) is 0 Å². The molecule has 5 heteroatoms. The number of benzene rings is 1. The quantitative estimate of drug-likeness (QED) is 0.756. The van der Waals surface area contributed by atoms with Gasteiger partial charge >= 0.3 is 5.63 Å². The molecule has 1 aromatic heterocycles. The number of aromatic hydroxyl groups is 1. The summed E-state index contributed by atoms with van der Waals surface area (Å²) in [7, 11) is 1.31. The lowest BCUT2D eigenvalue weighted by atomic mass is 10.1. The van der Waals surface area contributed by atoms with Crippen LogP contribution in [0.3, 0.4) is 0 Å². The number of methoxy groups -OCH3 is 1. The Kier molecular flexibility index (Phi) is 2.01. The molecule has 2 aromatic rings. The van der Waals surface area contributed by atoms with Gasteiger partial charge in [-0.05, 0) is 11.6 Å². The fourth-order valence-corrected chi connectivity index (χ4v) is 2.02. The van der Waals surface area contributed by atoms with Gasteiger partial charge < -0.3 is 19.0 Å². The standard InChI is InChI=1S/C12H10O5/c1-15-11-10(13)7-4-6-2-3-16-8(6)5-9(7)17-12(11)14/h4-5,13H,2-3H2,1H3. The van der Waals surface area contributed by atoms with Crippen LogP contribution in [-0.2, 0) is 6.42 Å². The third-order valence-corrected chi connectivity index (χ3v) is 2.85. The molecule has 0 radical (unpaired) electrons. The maximum absolute atomic E-state index is 11.5. The molecule has 1 N–H and O–H groups in total. The summed E-state index contributed by atoms with van der Waals surface area (Å²) in [5.41, 5.74) is 0.591. The van der Waals surface area contributed by atoms with E-state index in [-0.39, 0.29) is 11.5 Å². The molecule has 5 nitrogen and oxygen atoms in total. The van der Waals surface area contributed by atoms with Crippen molar-refractivity contribution in [3.8, 4) is 17.2 Å².